The van der Waals surface area contributed by atoms with Gasteiger partial charge in [-0.05, 0) is 30.7 Å². The van der Waals surface area contributed by atoms with Crippen LogP contribution in [0.25, 0.3) is 0 Å². The van der Waals surface area contributed by atoms with Crippen LogP contribution in [0.5, 0.6) is 0 Å². The summed E-state index contributed by atoms with van der Waals surface area (Å²) in [4.78, 5) is 12.1. The highest BCUT2D eigenvalue weighted by atomic mass is 16.2. The fourth-order valence-electron chi connectivity index (χ4n) is 1.89. The molecule has 1 amide bonds. The van der Waals surface area contributed by atoms with Crippen LogP contribution in [-0.4, -0.2) is 27.4 Å². The minimum absolute atomic E-state index is 0.0451. The predicted molar refractivity (Wildman–Crippen MR) is 80.9 cm³/mol. The van der Waals surface area contributed by atoms with Crippen molar-refractivity contribution in [2.75, 3.05) is 11.9 Å². The fraction of sp³-hybridized carbons (Fsp3) is 0.250. The standard InChI is InChI=1S/C16H17N3O2/c1-12-7-13(5-3-4-6-20)9-15(8-12)18-16(21)14-10-17-19(2)11-14/h7-11,20H,4,6H2,1-2H3,(H,18,21). The topological polar surface area (TPSA) is 67.2 Å². The molecule has 0 aliphatic rings. The van der Waals surface area contributed by atoms with E-state index in [9.17, 15) is 4.79 Å². The van der Waals surface area contributed by atoms with Gasteiger partial charge in [-0.2, -0.15) is 5.10 Å². The third-order valence-corrected chi connectivity index (χ3v) is 2.77. The Kier molecular flexibility index (Phi) is 4.75. The first-order valence-corrected chi connectivity index (χ1v) is 6.60. The molecule has 0 bridgehead atoms. The van der Waals surface area contributed by atoms with Gasteiger partial charge in [0.15, 0.2) is 0 Å². The molecule has 0 radical (unpaired) electrons. The second-order valence-corrected chi connectivity index (χ2v) is 4.72. The molecular formula is C16H17N3O2. The van der Waals surface area contributed by atoms with Gasteiger partial charge in [0, 0.05) is 30.9 Å². The van der Waals surface area contributed by atoms with E-state index >= 15 is 0 Å². The molecule has 0 atom stereocenters. The lowest BCUT2D eigenvalue weighted by atomic mass is 10.1. The number of aryl methyl sites for hydroxylation is 2. The van der Waals surface area contributed by atoms with Gasteiger partial charge < -0.3 is 10.4 Å². The van der Waals surface area contributed by atoms with Gasteiger partial charge in [0.1, 0.15) is 0 Å². The molecule has 5 nitrogen and oxygen atoms in total. The molecule has 0 saturated heterocycles. The summed E-state index contributed by atoms with van der Waals surface area (Å²) < 4.78 is 1.58. The van der Waals surface area contributed by atoms with E-state index < -0.39 is 0 Å². The Balaban J connectivity index is 2.17. The van der Waals surface area contributed by atoms with Crippen LogP contribution in [0.2, 0.25) is 0 Å². The normalized spacial score (nSPS) is 9.86. The molecule has 5 heteroatoms. The third kappa shape index (κ3) is 4.20. The smallest absolute Gasteiger partial charge is 0.258 e. The highest BCUT2D eigenvalue weighted by Gasteiger charge is 2.08. The first-order chi connectivity index (χ1) is 10.1. The van der Waals surface area contributed by atoms with E-state index in [2.05, 4.69) is 22.3 Å². The van der Waals surface area contributed by atoms with E-state index in [1.54, 1.807) is 17.9 Å². The molecule has 0 aliphatic heterocycles. The third-order valence-electron chi connectivity index (χ3n) is 2.77. The molecule has 0 unspecified atom stereocenters. The van der Waals surface area contributed by atoms with E-state index in [4.69, 9.17) is 5.11 Å². The second kappa shape index (κ2) is 6.73. The van der Waals surface area contributed by atoms with E-state index in [1.165, 1.54) is 6.20 Å². The van der Waals surface area contributed by atoms with Crippen LogP contribution < -0.4 is 5.32 Å². The van der Waals surface area contributed by atoms with Gasteiger partial charge in [-0.1, -0.05) is 11.8 Å². The van der Waals surface area contributed by atoms with Crippen molar-refractivity contribution >= 4 is 11.6 Å². The first kappa shape index (κ1) is 14.8. The number of nitrogens with one attached hydrogen (secondary N) is 1. The molecule has 21 heavy (non-hydrogen) atoms. The number of hydrogen-bond acceptors (Lipinski definition) is 3. The zero-order chi connectivity index (χ0) is 15.2. The maximum atomic E-state index is 12.1. The van der Waals surface area contributed by atoms with Gasteiger partial charge in [0.25, 0.3) is 5.91 Å². The maximum Gasteiger partial charge on any atom is 0.258 e. The number of carbonyl (C=O) groups is 1. The van der Waals surface area contributed by atoms with Crippen LogP contribution in [-0.2, 0) is 7.05 Å². The van der Waals surface area contributed by atoms with Crippen LogP contribution in [0.1, 0.15) is 27.9 Å². The van der Waals surface area contributed by atoms with E-state index in [1.807, 2.05) is 25.1 Å². The van der Waals surface area contributed by atoms with Crippen molar-refractivity contribution in [2.24, 2.45) is 7.05 Å². The van der Waals surface area contributed by atoms with Gasteiger partial charge in [0.05, 0.1) is 18.4 Å². The molecule has 0 aliphatic carbocycles. The Labute approximate surface area is 123 Å². The maximum absolute atomic E-state index is 12.1. The lowest BCUT2D eigenvalue weighted by molar-refractivity contribution is 0.102. The van der Waals surface area contributed by atoms with Crippen LogP contribution >= 0.6 is 0 Å². The Morgan fingerprint density at radius 1 is 1.43 bits per heavy atom. The highest BCUT2D eigenvalue weighted by molar-refractivity contribution is 6.04. The molecule has 0 fully saturated rings. The second-order valence-electron chi connectivity index (χ2n) is 4.72. The van der Waals surface area contributed by atoms with Gasteiger partial charge >= 0.3 is 0 Å². The van der Waals surface area contributed by atoms with Crippen molar-refractivity contribution in [1.29, 1.82) is 0 Å². The molecular weight excluding hydrogens is 266 g/mol. The summed E-state index contributed by atoms with van der Waals surface area (Å²) in [5.41, 5.74) is 3.02. The number of aliphatic hydroxyl groups is 1. The lowest BCUT2D eigenvalue weighted by Crippen LogP contribution is -2.11. The number of anilines is 1. The van der Waals surface area contributed by atoms with Gasteiger partial charge in [-0.3, -0.25) is 9.48 Å². The Morgan fingerprint density at radius 2 is 2.24 bits per heavy atom. The van der Waals surface area contributed by atoms with Gasteiger partial charge in [-0.25, -0.2) is 0 Å². The average molecular weight is 283 g/mol. The zero-order valence-electron chi connectivity index (χ0n) is 12.1. The minimum atomic E-state index is -0.206. The quantitative estimate of drug-likeness (QED) is 0.843. The molecule has 1 aromatic carbocycles. The number of nitrogens with zero attached hydrogens (tertiary/aromatic N) is 2. The van der Waals surface area contributed by atoms with Crippen LogP contribution in [0, 0.1) is 18.8 Å². The molecule has 2 rings (SSSR count). The molecule has 108 valence electrons. The Hall–Kier alpha value is -2.58. The Bertz CT molecular complexity index is 708. The highest BCUT2D eigenvalue weighted by Crippen LogP contribution is 2.15. The summed E-state index contributed by atoms with van der Waals surface area (Å²) in [6.45, 7) is 1.99. The zero-order valence-corrected chi connectivity index (χ0v) is 12.1. The van der Waals surface area contributed by atoms with Crippen molar-refractivity contribution in [3.63, 3.8) is 0 Å². The number of hydrogen-bond donors (Lipinski definition) is 2. The van der Waals surface area contributed by atoms with Crippen LogP contribution in [0.3, 0.4) is 0 Å². The molecule has 2 N–H and O–H groups in total. The number of amides is 1. The van der Waals surface area contributed by atoms with E-state index in [-0.39, 0.29) is 12.5 Å². The number of carbonyl (C=O) groups excluding carboxylic acids is 1. The summed E-state index contributed by atoms with van der Waals surface area (Å²) >= 11 is 0. The number of aromatic nitrogens is 2. The molecule has 1 heterocycles. The summed E-state index contributed by atoms with van der Waals surface area (Å²) in [6.07, 6.45) is 3.62. The molecule has 0 saturated carbocycles. The van der Waals surface area contributed by atoms with Gasteiger partial charge in [0.2, 0.25) is 0 Å². The predicted octanol–water partition coefficient (Wildman–Crippen LogP) is 1.71. The molecule has 1 aromatic heterocycles. The Morgan fingerprint density at radius 3 is 2.90 bits per heavy atom. The molecule has 0 spiro atoms. The van der Waals surface area contributed by atoms with Crippen molar-refractivity contribution in [3.05, 3.63) is 47.3 Å². The SMILES string of the molecule is Cc1cc(C#CCCO)cc(NC(=O)c2cnn(C)c2)c1. The number of rotatable bonds is 3. The average Bonchev–Trinajstić information content (AvgIpc) is 2.85. The summed E-state index contributed by atoms with van der Waals surface area (Å²) in [6, 6.07) is 5.63. The van der Waals surface area contributed by atoms with Crippen molar-refractivity contribution in [3.8, 4) is 11.8 Å². The van der Waals surface area contributed by atoms with E-state index in [0.29, 0.717) is 17.7 Å². The summed E-state index contributed by atoms with van der Waals surface area (Å²) in [5.74, 6) is 5.63. The minimum Gasteiger partial charge on any atom is -0.395 e. The lowest BCUT2D eigenvalue weighted by Gasteiger charge is -2.06. The fourth-order valence-corrected chi connectivity index (χ4v) is 1.89. The van der Waals surface area contributed by atoms with Gasteiger partial charge in [-0.15, -0.1) is 0 Å². The van der Waals surface area contributed by atoms with Crippen molar-refractivity contribution in [2.45, 2.75) is 13.3 Å². The summed E-state index contributed by atoms with van der Waals surface area (Å²) in [5, 5.41) is 15.5. The number of benzene rings is 1. The van der Waals surface area contributed by atoms with Crippen LogP contribution in [0.4, 0.5) is 5.69 Å². The van der Waals surface area contributed by atoms with Crippen molar-refractivity contribution < 1.29 is 9.90 Å². The van der Waals surface area contributed by atoms with E-state index in [0.717, 1.165) is 11.1 Å². The number of aliphatic hydroxyl groups excluding tert-OH is 1. The van der Waals surface area contributed by atoms with Crippen LogP contribution in [0.15, 0.2) is 30.6 Å². The molecule has 2 aromatic rings. The summed E-state index contributed by atoms with van der Waals surface area (Å²) in [7, 11) is 1.76. The van der Waals surface area contributed by atoms with Crippen molar-refractivity contribution in [1.82, 2.24) is 9.78 Å². The first-order valence-electron chi connectivity index (χ1n) is 6.60. The largest absolute Gasteiger partial charge is 0.395 e. The monoisotopic (exact) mass is 283 g/mol.